The maximum absolute atomic E-state index is 12.8. The average Bonchev–Trinajstić information content (AvgIpc) is 3.06. The molecule has 0 aliphatic carbocycles. The second-order valence-electron chi connectivity index (χ2n) is 7.36. The highest BCUT2D eigenvalue weighted by molar-refractivity contribution is 6.22. The Balaban J connectivity index is 1.81. The number of aliphatic hydroxyl groups excluding tert-OH is 1. The highest BCUT2D eigenvalue weighted by atomic mass is 16.5. The number of carbonyl (C=O) groups excluding carboxylic acids is 2. The normalized spacial score (nSPS) is 27.0. The minimum Gasteiger partial charge on any atom is -0.486 e. The van der Waals surface area contributed by atoms with E-state index in [0.717, 1.165) is 4.90 Å². The molecular weight excluding hydrogens is 322 g/mol. The highest BCUT2D eigenvalue weighted by Crippen LogP contribution is 2.43. The average molecular weight is 341 g/mol. The molecule has 1 aromatic rings. The van der Waals surface area contributed by atoms with Gasteiger partial charge >= 0.3 is 6.03 Å². The van der Waals surface area contributed by atoms with Crippen molar-refractivity contribution in [2.75, 3.05) is 11.4 Å². The van der Waals surface area contributed by atoms with E-state index in [1.807, 2.05) is 13.8 Å². The summed E-state index contributed by atoms with van der Waals surface area (Å²) >= 11 is 0. The van der Waals surface area contributed by atoms with Crippen LogP contribution in [0.5, 0.6) is 5.75 Å². The van der Waals surface area contributed by atoms with E-state index < -0.39 is 29.7 Å². The van der Waals surface area contributed by atoms with Crippen LogP contribution in [0.1, 0.15) is 37.8 Å². The zero-order valence-electron chi connectivity index (χ0n) is 14.2. The molecule has 0 saturated carbocycles. The molecule has 3 amide bonds. The van der Waals surface area contributed by atoms with Gasteiger partial charge in [0.1, 0.15) is 23.5 Å². The molecule has 4 rings (SSSR count). The molecule has 1 unspecified atom stereocenters. The van der Waals surface area contributed by atoms with Crippen molar-refractivity contribution in [1.82, 2.24) is 4.90 Å². The van der Waals surface area contributed by atoms with E-state index >= 15 is 0 Å². The van der Waals surface area contributed by atoms with Crippen LogP contribution in [0, 0.1) is 11.3 Å². The van der Waals surface area contributed by atoms with Gasteiger partial charge in [0.05, 0.1) is 17.4 Å². The lowest BCUT2D eigenvalue weighted by Gasteiger charge is -2.34. The van der Waals surface area contributed by atoms with Crippen LogP contribution in [-0.4, -0.2) is 46.2 Å². The number of fused-ring (bicyclic) bond motifs is 2. The number of anilines is 1. The van der Waals surface area contributed by atoms with Gasteiger partial charge < -0.3 is 14.7 Å². The number of carbonyl (C=O) groups is 2. The largest absolute Gasteiger partial charge is 0.486 e. The second-order valence-corrected chi connectivity index (χ2v) is 7.36. The third kappa shape index (κ3) is 2.21. The van der Waals surface area contributed by atoms with E-state index in [1.54, 1.807) is 12.1 Å². The molecule has 2 fully saturated rings. The monoisotopic (exact) mass is 341 g/mol. The van der Waals surface area contributed by atoms with Crippen molar-refractivity contribution in [3.05, 3.63) is 23.3 Å². The number of hydrogen-bond donors (Lipinski definition) is 1. The zero-order chi connectivity index (χ0) is 17.9. The topological polar surface area (TPSA) is 93.9 Å². The van der Waals surface area contributed by atoms with Gasteiger partial charge in [0.2, 0.25) is 0 Å². The molecule has 0 aromatic heterocycles. The molecule has 0 spiro atoms. The standard InChI is InChI=1S/C18H19N3O4/c1-18(2)7-5-11-12(4-3-10(9-19)15(11)25-18)21-16(23)14-13(22)6-8-20(14)17(21)24/h3-4,13-14,22H,5-8H2,1-2H3/t13?,14-/m0/s1. The predicted molar refractivity (Wildman–Crippen MR) is 88.2 cm³/mol. The van der Waals surface area contributed by atoms with Crippen molar-refractivity contribution in [3.63, 3.8) is 0 Å². The first-order valence-electron chi connectivity index (χ1n) is 8.42. The molecular formula is C18H19N3O4. The number of nitriles is 1. The Morgan fingerprint density at radius 2 is 2.12 bits per heavy atom. The lowest BCUT2D eigenvalue weighted by atomic mass is 9.91. The fourth-order valence-corrected chi connectivity index (χ4v) is 3.89. The fraction of sp³-hybridized carbons (Fsp3) is 0.500. The van der Waals surface area contributed by atoms with Crippen molar-refractivity contribution in [3.8, 4) is 11.8 Å². The van der Waals surface area contributed by atoms with Crippen LogP contribution in [0.15, 0.2) is 12.1 Å². The van der Waals surface area contributed by atoms with Crippen molar-refractivity contribution >= 4 is 17.6 Å². The molecule has 2 saturated heterocycles. The smallest absolute Gasteiger partial charge is 0.332 e. The van der Waals surface area contributed by atoms with Crippen LogP contribution < -0.4 is 9.64 Å². The molecule has 3 heterocycles. The molecule has 2 atom stereocenters. The van der Waals surface area contributed by atoms with Gasteiger partial charge in [-0.2, -0.15) is 5.26 Å². The maximum atomic E-state index is 12.8. The van der Waals surface area contributed by atoms with E-state index in [1.165, 1.54) is 4.90 Å². The van der Waals surface area contributed by atoms with Crippen molar-refractivity contribution in [1.29, 1.82) is 5.26 Å². The first kappa shape index (κ1) is 15.9. The third-order valence-corrected chi connectivity index (χ3v) is 5.23. The van der Waals surface area contributed by atoms with Crippen molar-refractivity contribution < 1.29 is 19.4 Å². The minimum atomic E-state index is -0.828. The van der Waals surface area contributed by atoms with Gasteiger partial charge in [-0.3, -0.25) is 4.79 Å². The van der Waals surface area contributed by atoms with Gasteiger partial charge in [-0.05, 0) is 45.2 Å². The Labute approximate surface area is 145 Å². The number of amides is 3. The Bertz CT molecular complexity index is 826. The van der Waals surface area contributed by atoms with Gasteiger partial charge in [-0.1, -0.05) is 0 Å². The molecule has 0 bridgehead atoms. The lowest BCUT2D eigenvalue weighted by molar-refractivity contribution is -0.121. The summed E-state index contributed by atoms with van der Waals surface area (Å²) < 4.78 is 5.99. The third-order valence-electron chi connectivity index (χ3n) is 5.23. The number of aliphatic hydroxyl groups is 1. The number of imide groups is 1. The molecule has 7 heteroatoms. The Morgan fingerprint density at radius 1 is 1.36 bits per heavy atom. The molecule has 25 heavy (non-hydrogen) atoms. The Kier molecular flexibility index (Phi) is 3.31. The Morgan fingerprint density at radius 3 is 2.80 bits per heavy atom. The number of rotatable bonds is 1. The van der Waals surface area contributed by atoms with Crippen molar-refractivity contribution in [2.24, 2.45) is 0 Å². The number of nitrogens with zero attached hydrogens (tertiary/aromatic N) is 3. The van der Waals surface area contributed by atoms with Gasteiger partial charge in [-0.15, -0.1) is 0 Å². The van der Waals surface area contributed by atoms with E-state index in [0.29, 0.717) is 48.4 Å². The lowest BCUT2D eigenvalue weighted by Crippen LogP contribution is -2.38. The zero-order valence-corrected chi connectivity index (χ0v) is 14.2. The van der Waals surface area contributed by atoms with E-state index in [4.69, 9.17) is 4.74 Å². The minimum absolute atomic E-state index is 0.370. The van der Waals surface area contributed by atoms with Crippen LogP contribution in [0.2, 0.25) is 0 Å². The van der Waals surface area contributed by atoms with Gasteiger partial charge in [-0.25, -0.2) is 9.69 Å². The van der Waals surface area contributed by atoms with E-state index in [-0.39, 0.29) is 0 Å². The van der Waals surface area contributed by atoms with Crippen LogP contribution in [0.25, 0.3) is 0 Å². The summed E-state index contributed by atoms with van der Waals surface area (Å²) in [7, 11) is 0. The van der Waals surface area contributed by atoms with E-state index in [2.05, 4.69) is 6.07 Å². The molecule has 3 aliphatic heterocycles. The molecule has 130 valence electrons. The summed E-state index contributed by atoms with van der Waals surface area (Å²) in [6.45, 7) is 4.26. The summed E-state index contributed by atoms with van der Waals surface area (Å²) in [5, 5.41) is 19.4. The number of benzene rings is 1. The van der Waals surface area contributed by atoms with Gasteiger partial charge in [0, 0.05) is 12.1 Å². The SMILES string of the molecule is CC1(C)CCc2c(N3C(=O)[C@@H]4C(O)CCN4C3=O)ccc(C#N)c2O1. The molecule has 1 N–H and O–H groups in total. The summed E-state index contributed by atoms with van der Waals surface area (Å²) in [6, 6.07) is 4.10. The first-order chi connectivity index (χ1) is 11.8. The highest BCUT2D eigenvalue weighted by Gasteiger charge is 2.53. The first-order valence-corrected chi connectivity index (χ1v) is 8.42. The summed E-state index contributed by atoms with van der Waals surface area (Å²) in [4.78, 5) is 28.1. The van der Waals surface area contributed by atoms with Crippen LogP contribution >= 0.6 is 0 Å². The molecule has 3 aliphatic rings. The molecule has 7 nitrogen and oxygen atoms in total. The number of ether oxygens (including phenoxy) is 1. The van der Waals surface area contributed by atoms with Crippen LogP contribution in [0.4, 0.5) is 10.5 Å². The summed E-state index contributed by atoms with van der Waals surface area (Å²) in [6.07, 6.45) is 0.912. The Hall–Kier alpha value is -2.59. The van der Waals surface area contributed by atoms with Gasteiger partial charge in [0.15, 0.2) is 0 Å². The number of hydrogen-bond acceptors (Lipinski definition) is 5. The van der Waals surface area contributed by atoms with Crippen LogP contribution in [-0.2, 0) is 11.2 Å². The fourth-order valence-electron chi connectivity index (χ4n) is 3.89. The second kappa shape index (κ2) is 5.20. The predicted octanol–water partition coefficient (Wildman–Crippen LogP) is 1.56. The van der Waals surface area contributed by atoms with Gasteiger partial charge in [0.25, 0.3) is 5.91 Å². The quantitative estimate of drug-likeness (QED) is 0.783. The number of urea groups is 1. The summed E-state index contributed by atoms with van der Waals surface area (Å²) in [5.41, 5.74) is 1.15. The van der Waals surface area contributed by atoms with E-state index in [9.17, 15) is 20.0 Å². The molecule has 0 radical (unpaired) electrons. The van der Waals surface area contributed by atoms with Crippen LogP contribution in [0.3, 0.4) is 0 Å². The maximum Gasteiger partial charge on any atom is 0.332 e. The molecule has 1 aromatic carbocycles. The summed E-state index contributed by atoms with van der Waals surface area (Å²) in [5.74, 6) is 0.0381. The van der Waals surface area contributed by atoms with Crippen molar-refractivity contribution in [2.45, 2.75) is 50.9 Å².